The first-order chi connectivity index (χ1) is 9.13. The molecule has 0 aliphatic carbocycles. The van der Waals surface area contributed by atoms with E-state index in [-0.39, 0.29) is 0 Å². The van der Waals surface area contributed by atoms with E-state index in [1.807, 2.05) is 16.8 Å². The van der Waals surface area contributed by atoms with Crippen molar-refractivity contribution in [3.05, 3.63) is 23.2 Å². The van der Waals surface area contributed by atoms with Gasteiger partial charge < -0.3 is 14.6 Å². The third-order valence-corrected chi connectivity index (χ3v) is 4.16. The lowest BCUT2D eigenvalue weighted by atomic mass is 9.94. The van der Waals surface area contributed by atoms with Crippen LogP contribution in [0.2, 0.25) is 0 Å². The van der Waals surface area contributed by atoms with E-state index in [4.69, 9.17) is 0 Å². The van der Waals surface area contributed by atoms with Crippen molar-refractivity contribution in [1.29, 1.82) is 0 Å². The smallest absolute Gasteiger partial charge is 0.180 e. The summed E-state index contributed by atoms with van der Waals surface area (Å²) in [6.07, 6.45) is 6.79. The summed E-state index contributed by atoms with van der Waals surface area (Å²) in [5.41, 5.74) is 0.884. The predicted octanol–water partition coefficient (Wildman–Crippen LogP) is 2.24. The van der Waals surface area contributed by atoms with Gasteiger partial charge in [-0.2, -0.15) is 0 Å². The van der Waals surface area contributed by atoms with Crippen molar-refractivity contribution >= 4 is 27.4 Å². The number of likely N-dealkylation sites (tertiary alicyclic amines) is 1. The largest absolute Gasteiger partial charge is 0.364 e. The van der Waals surface area contributed by atoms with Gasteiger partial charge in [0.05, 0.1) is 0 Å². The average Bonchev–Trinajstić information content (AvgIpc) is 2.80. The van der Waals surface area contributed by atoms with E-state index in [0.717, 1.165) is 35.6 Å². The zero-order chi connectivity index (χ0) is 13.4. The maximum Gasteiger partial charge on any atom is 0.180 e. The summed E-state index contributed by atoms with van der Waals surface area (Å²) in [4.78, 5) is 11.3. The van der Waals surface area contributed by atoms with Gasteiger partial charge in [-0.25, -0.2) is 9.97 Å². The van der Waals surface area contributed by atoms with E-state index in [2.05, 4.69) is 50.1 Å². The molecule has 2 aromatic rings. The first-order valence-corrected chi connectivity index (χ1v) is 7.37. The second kappa shape index (κ2) is 5.09. The van der Waals surface area contributed by atoms with Gasteiger partial charge in [-0.3, -0.25) is 0 Å². The van der Waals surface area contributed by atoms with E-state index < -0.39 is 0 Å². The highest BCUT2D eigenvalue weighted by Gasteiger charge is 2.25. The number of halogens is 1. The zero-order valence-corrected chi connectivity index (χ0v) is 12.8. The lowest BCUT2D eigenvalue weighted by Gasteiger charge is -2.35. The van der Waals surface area contributed by atoms with E-state index in [0.29, 0.717) is 12.0 Å². The van der Waals surface area contributed by atoms with Gasteiger partial charge in [0.25, 0.3) is 0 Å². The molecule has 19 heavy (non-hydrogen) atoms. The molecule has 2 aromatic heterocycles. The Morgan fingerprint density at radius 1 is 1.47 bits per heavy atom. The standard InChI is InChI=1S/C13H18BrN5/c1-9-7-18(2)5-3-10(9)16-12-13-15-4-6-19(13)8-11(14)17-12/h4,6,8-10H,3,5,7H2,1-2H3,(H,16,17). The summed E-state index contributed by atoms with van der Waals surface area (Å²) in [6, 6.07) is 0.457. The second-order valence-corrected chi connectivity index (χ2v) is 6.16. The van der Waals surface area contributed by atoms with Gasteiger partial charge in [0.1, 0.15) is 4.60 Å². The van der Waals surface area contributed by atoms with Crippen molar-refractivity contribution in [3.8, 4) is 0 Å². The Labute approximate surface area is 121 Å². The third-order valence-electron chi connectivity index (χ3n) is 3.78. The highest BCUT2D eigenvalue weighted by atomic mass is 79.9. The second-order valence-electron chi connectivity index (χ2n) is 5.35. The predicted molar refractivity (Wildman–Crippen MR) is 79.4 cm³/mol. The van der Waals surface area contributed by atoms with Crippen LogP contribution in [0.3, 0.4) is 0 Å². The van der Waals surface area contributed by atoms with Gasteiger partial charge in [-0.05, 0) is 41.9 Å². The molecular formula is C13H18BrN5. The minimum atomic E-state index is 0.457. The van der Waals surface area contributed by atoms with Crippen LogP contribution in [-0.4, -0.2) is 45.4 Å². The van der Waals surface area contributed by atoms with Crippen LogP contribution in [-0.2, 0) is 0 Å². The molecule has 5 nitrogen and oxygen atoms in total. The summed E-state index contributed by atoms with van der Waals surface area (Å²) >= 11 is 3.45. The van der Waals surface area contributed by atoms with Gasteiger partial charge in [-0.15, -0.1) is 0 Å². The van der Waals surface area contributed by atoms with Crippen LogP contribution < -0.4 is 5.32 Å². The molecule has 0 bridgehead atoms. The van der Waals surface area contributed by atoms with Crippen molar-refractivity contribution < 1.29 is 0 Å². The molecule has 0 spiro atoms. The van der Waals surface area contributed by atoms with Crippen molar-refractivity contribution in [3.63, 3.8) is 0 Å². The lowest BCUT2D eigenvalue weighted by Crippen LogP contribution is -2.43. The fourth-order valence-electron chi connectivity index (χ4n) is 2.74. The number of nitrogens with one attached hydrogen (secondary N) is 1. The van der Waals surface area contributed by atoms with Gasteiger partial charge >= 0.3 is 0 Å². The molecular weight excluding hydrogens is 306 g/mol. The summed E-state index contributed by atoms with van der Waals surface area (Å²) in [5.74, 6) is 1.47. The molecule has 2 unspecified atom stereocenters. The van der Waals surface area contributed by atoms with E-state index in [1.54, 1.807) is 6.20 Å². The number of hydrogen-bond acceptors (Lipinski definition) is 4. The number of fused-ring (bicyclic) bond motifs is 1. The Bertz CT molecular complexity index is 581. The number of anilines is 1. The van der Waals surface area contributed by atoms with Crippen molar-refractivity contribution in [1.82, 2.24) is 19.3 Å². The van der Waals surface area contributed by atoms with Gasteiger partial charge in [0.2, 0.25) is 0 Å². The highest BCUT2D eigenvalue weighted by molar-refractivity contribution is 9.10. The van der Waals surface area contributed by atoms with Gasteiger partial charge in [0, 0.05) is 31.2 Å². The minimum Gasteiger partial charge on any atom is -0.364 e. The van der Waals surface area contributed by atoms with Crippen LogP contribution in [0, 0.1) is 5.92 Å². The molecule has 1 aliphatic rings. The molecule has 0 aromatic carbocycles. The Morgan fingerprint density at radius 3 is 3.11 bits per heavy atom. The van der Waals surface area contributed by atoms with E-state index in [1.165, 1.54) is 0 Å². The molecule has 1 aliphatic heterocycles. The molecule has 102 valence electrons. The number of nitrogens with zero attached hydrogens (tertiary/aromatic N) is 4. The number of rotatable bonds is 2. The molecule has 0 saturated carbocycles. The highest BCUT2D eigenvalue weighted by Crippen LogP contribution is 2.23. The maximum absolute atomic E-state index is 4.53. The Morgan fingerprint density at radius 2 is 2.32 bits per heavy atom. The Hall–Kier alpha value is -1.14. The molecule has 1 fully saturated rings. The molecule has 0 radical (unpaired) electrons. The summed E-state index contributed by atoms with van der Waals surface area (Å²) < 4.78 is 2.81. The SMILES string of the molecule is CC1CN(C)CCC1Nc1nc(Br)cn2ccnc12. The molecule has 1 N–H and O–H groups in total. The quantitative estimate of drug-likeness (QED) is 0.920. The molecule has 2 atom stereocenters. The monoisotopic (exact) mass is 323 g/mol. The molecule has 3 heterocycles. The van der Waals surface area contributed by atoms with Crippen LogP contribution in [0.15, 0.2) is 23.2 Å². The van der Waals surface area contributed by atoms with Gasteiger partial charge in [-0.1, -0.05) is 6.92 Å². The minimum absolute atomic E-state index is 0.457. The maximum atomic E-state index is 4.53. The molecule has 3 rings (SSSR count). The fourth-order valence-corrected chi connectivity index (χ4v) is 3.14. The summed E-state index contributed by atoms with van der Waals surface area (Å²) in [6.45, 7) is 4.53. The molecule has 6 heteroatoms. The van der Waals surface area contributed by atoms with Crippen LogP contribution in [0.25, 0.3) is 5.65 Å². The van der Waals surface area contributed by atoms with E-state index >= 15 is 0 Å². The summed E-state index contributed by atoms with van der Waals surface area (Å²) in [7, 11) is 2.18. The fraction of sp³-hybridized carbons (Fsp3) is 0.538. The number of piperidine rings is 1. The van der Waals surface area contributed by atoms with Crippen LogP contribution >= 0.6 is 15.9 Å². The number of hydrogen-bond donors (Lipinski definition) is 1. The first-order valence-electron chi connectivity index (χ1n) is 6.58. The molecule has 1 saturated heterocycles. The van der Waals surface area contributed by atoms with E-state index in [9.17, 15) is 0 Å². The average molecular weight is 324 g/mol. The first kappa shape index (κ1) is 12.9. The van der Waals surface area contributed by atoms with Crippen LogP contribution in [0.1, 0.15) is 13.3 Å². The lowest BCUT2D eigenvalue weighted by molar-refractivity contribution is 0.206. The number of imidazole rings is 1. The van der Waals surface area contributed by atoms with Crippen molar-refractivity contribution in [2.24, 2.45) is 5.92 Å². The molecule has 0 amide bonds. The summed E-state index contributed by atoms with van der Waals surface area (Å²) in [5, 5.41) is 3.57. The topological polar surface area (TPSA) is 45.5 Å². The normalized spacial score (nSPS) is 24.8. The Kier molecular flexibility index (Phi) is 3.45. The third kappa shape index (κ3) is 2.60. The van der Waals surface area contributed by atoms with Crippen molar-refractivity contribution in [2.45, 2.75) is 19.4 Å². The van der Waals surface area contributed by atoms with Crippen LogP contribution in [0.4, 0.5) is 5.82 Å². The van der Waals surface area contributed by atoms with Crippen LogP contribution in [0.5, 0.6) is 0 Å². The van der Waals surface area contributed by atoms with Gasteiger partial charge in [0.15, 0.2) is 11.5 Å². The van der Waals surface area contributed by atoms with Crippen molar-refractivity contribution in [2.75, 3.05) is 25.5 Å². The zero-order valence-electron chi connectivity index (χ0n) is 11.2. The Balaban J connectivity index is 1.86. The number of aromatic nitrogens is 3.